The van der Waals surface area contributed by atoms with Crippen LogP contribution in [0.4, 0.5) is 0 Å². The van der Waals surface area contributed by atoms with E-state index in [1.54, 1.807) is 0 Å². The molecule has 0 spiro atoms. The van der Waals surface area contributed by atoms with E-state index < -0.39 is 17.5 Å². The molecule has 0 saturated carbocycles. The molecule has 1 aromatic rings. The predicted octanol–water partition coefficient (Wildman–Crippen LogP) is -0.548. The lowest BCUT2D eigenvalue weighted by Crippen LogP contribution is -2.31. The first-order valence-corrected chi connectivity index (χ1v) is 5.19. The van der Waals surface area contributed by atoms with Crippen molar-refractivity contribution in [2.75, 3.05) is 6.61 Å². The van der Waals surface area contributed by atoms with Crippen LogP contribution in [0.1, 0.15) is 19.6 Å². The van der Waals surface area contributed by atoms with Crippen molar-refractivity contribution in [2.45, 2.75) is 25.7 Å². The molecular weight excluding hydrogens is 212 g/mol. The standard InChI is InChI=1S/C10H14N2O4/c1-6-4-9(16-7(6)5-13)12-3-2-8(14)11-10(12)15/h2-3,6-7,9,13H,4-5H2,1H3,(H,11,14,15)/t6-,7-,9-/m1/s1. The first-order valence-electron chi connectivity index (χ1n) is 5.19. The largest absolute Gasteiger partial charge is 0.394 e. The third-order valence-corrected chi connectivity index (χ3v) is 2.88. The zero-order valence-electron chi connectivity index (χ0n) is 8.92. The third kappa shape index (κ3) is 1.94. The first-order chi connectivity index (χ1) is 7.61. The number of H-pyrrole nitrogens is 1. The van der Waals surface area contributed by atoms with E-state index in [2.05, 4.69) is 4.98 Å². The number of aromatic nitrogens is 2. The van der Waals surface area contributed by atoms with Gasteiger partial charge in [-0.25, -0.2) is 4.79 Å². The molecule has 88 valence electrons. The quantitative estimate of drug-likeness (QED) is 0.708. The van der Waals surface area contributed by atoms with Crippen LogP contribution in [0.25, 0.3) is 0 Å². The number of rotatable bonds is 2. The normalized spacial score (nSPS) is 29.5. The summed E-state index contributed by atoms with van der Waals surface area (Å²) in [5.74, 6) is 0.189. The van der Waals surface area contributed by atoms with Crippen molar-refractivity contribution in [1.82, 2.24) is 9.55 Å². The van der Waals surface area contributed by atoms with Crippen LogP contribution in [-0.2, 0) is 4.74 Å². The molecule has 2 heterocycles. The molecule has 0 aromatic carbocycles. The summed E-state index contributed by atoms with van der Waals surface area (Å²) in [5.41, 5.74) is -0.908. The van der Waals surface area contributed by atoms with Crippen molar-refractivity contribution in [2.24, 2.45) is 5.92 Å². The summed E-state index contributed by atoms with van der Waals surface area (Å²) >= 11 is 0. The lowest BCUT2D eigenvalue weighted by Gasteiger charge is -2.14. The van der Waals surface area contributed by atoms with Gasteiger partial charge in [0.1, 0.15) is 6.23 Å². The summed E-state index contributed by atoms with van der Waals surface area (Å²) in [5, 5.41) is 9.04. The predicted molar refractivity (Wildman–Crippen MR) is 56.1 cm³/mol. The maximum atomic E-state index is 11.5. The molecule has 1 aromatic heterocycles. The van der Waals surface area contributed by atoms with Crippen molar-refractivity contribution in [3.63, 3.8) is 0 Å². The zero-order valence-corrected chi connectivity index (χ0v) is 8.92. The minimum Gasteiger partial charge on any atom is -0.394 e. The molecule has 3 atom stereocenters. The number of nitrogens with zero attached hydrogens (tertiary/aromatic N) is 1. The number of nitrogens with one attached hydrogen (secondary N) is 1. The van der Waals surface area contributed by atoms with E-state index in [0.29, 0.717) is 6.42 Å². The Morgan fingerprint density at radius 3 is 2.94 bits per heavy atom. The maximum absolute atomic E-state index is 11.5. The number of aliphatic hydroxyl groups is 1. The van der Waals surface area contributed by atoms with Crippen molar-refractivity contribution in [3.8, 4) is 0 Å². The van der Waals surface area contributed by atoms with Gasteiger partial charge in [0.05, 0.1) is 12.7 Å². The molecule has 0 amide bonds. The van der Waals surface area contributed by atoms with Crippen LogP contribution in [0.3, 0.4) is 0 Å². The molecule has 2 N–H and O–H groups in total. The highest BCUT2D eigenvalue weighted by molar-refractivity contribution is 4.87. The molecule has 2 rings (SSSR count). The summed E-state index contributed by atoms with van der Waals surface area (Å²) in [7, 11) is 0. The molecular formula is C10H14N2O4. The molecule has 0 aliphatic carbocycles. The van der Waals surface area contributed by atoms with Crippen LogP contribution < -0.4 is 11.2 Å². The fourth-order valence-electron chi connectivity index (χ4n) is 1.92. The Kier molecular flexibility index (Phi) is 2.93. The molecule has 16 heavy (non-hydrogen) atoms. The Balaban J connectivity index is 2.27. The Morgan fingerprint density at radius 1 is 1.62 bits per heavy atom. The Bertz CT molecular complexity index is 478. The summed E-state index contributed by atoms with van der Waals surface area (Å²) in [6.07, 6.45) is 1.41. The first kappa shape index (κ1) is 11.1. The molecule has 6 nitrogen and oxygen atoms in total. The molecule has 0 radical (unpaired) electrons. The second-order valence-corrected chi connectivity index (χ2v) is 4.04. The van der Waals surface area contributed by atoms with Gasteiger partial charge in [0.15, 0.2) is 0 Å². The van der Waals surface area contributed by atoms with E-state index >= 15 is 0 Å². The monoisotopic (exact) mass is 226 g/mol. The number of hydrogen-bond donors (Lipinski definition) is 2. The third-order valence-electron chi connectivity index (χ3n) is 2.88. The van der Waals surface area contributed by atoms with E-state index in [9.17, 15) is 9.59 Å². The van der Waals surface area contributed by atoms with Crippen LogP contribution in [0.5, 0.6) is 0 Å². The van der Waals surface area contributed by atoms with Crippen molar-refractivity contribution >= 4 is 0 Å². The maximum Gasteiger partial charge on any atom is 0.330 e. The Morgan fingerprint density at radius 2 is 2.38 bits per heavy atom. The molecule has 1 aliphatic rings. The highest BCUT2D eigenvalue weighted by atomic mass is 16.5. The summed E-state index contributed by atoms with van der Waals surface area (Å²) in [6.45, 7) is 1.90. The Hall–Kier alpha value is -1.40. The lowest BCUT2D eigenvalue weighted by atomic mass is 10.0. The van der Waals surface area contributed by atoms with Gasteiger partial charge in [0.25, 0.3) is 5.56 Å². The second-order valence-electron chi connectivity index (χ2n) is 4.04. The van der Waals surface area contributed by atoms with Crippen LogP contribution in [0.15, 0.2) is 21.9 Å². The fraction of sp³-hybridized carbons (Fsp3) is 0.600. The summed E-state index contributed by atoms with van der Waals surface area (Å²) in [4.78, 5) is 24.6. The average Bonchev–Trinajstić information content (AvgIpc) is 2.59. The van der Waals surface area contributed by atoms with Gasteiger partial charge in [0, 0.05) is 12.3 Å². The van der Waals surface area contributed by atoms with E-state index in [1.807, 2.05) is 6.92 Å². The second kappa shape index (κ2) is 4.23. The number of aliphatic hydroxyl groups excluding tert-OH is 1. The minimum absolute atomic E-state index is 0.0598. The zero-order chi connectivity index (χ0) is 11.7. The van der Waals surface area contributed by atoms with Crippen LogP contribution in [0.2, 0.25) is 0 Å². The highest BCUT2D eigenvalue weighted by Gasteiger charge is 2.32. The highest BCUT2D eigenvalue weighted by Crippen LogP contribution is 2.31. The van der Waals surface area contributed by atoms with Crippen molar-refractivity contribution in [1.29, 1.82) is 0 Å². The van der Waals surface area contributed by atoms with Gasteiger partial charge in [-0.05, 0) is 12.3 Å². The van der Waals surface area contributed by atoms with Gasteiger partial charge < -0.3 is 9.84 Å². The Labute approximate surface area is 91.5 Å². The number of ether oxygens (including phenoxy) is 1. The lowest BCUT2D eigenvalue weighted by molar-refractivity contribution is -0.0313. The van der Waals surface area contributed by atoms with E-state index in [1.165, 1.54) is 16.8 Å². The van der Waals surface area contributed by atoms with Crippen molar-refractivity contribution < 1.29 is 9.84 Å². The van der Waals surface area contributed by atoms with Crippen molar-refractivity contribution in [3.05, 3.63) is 33.1 Å². The van der Waals surface area contributed by atoms with Gasteiger partial charge >= 0.3 is 5.69 Å². The van der Waals surface area contributed by atoms with Gasteiger partial charge in [-0.2, -0.15) is 0 Å². The fourth-order valence-corrected chi connectivity index (χ4v) is 1.92. The number of hydrogen-bond acceptors (Lipinski definition) is 4. The number of aromatic amines is 1. The summed E-state index contributed by atoms with van der Waals surface area (Å²) < 4.78 is 6.86. The van der Waals surface area contributed by atoms with E-state index in [4.69, 9.17) is 9.84 Å². The molecule has 1 fully saturated rings. The minimum atomic E-state index is -0.483. The summed E-state index contributed by atoms with van der Waals surface area (Å²) in [6, 6.07) is 1.28. The van der Waals surface area contributed by atoms with E-state index in [0.717, 1.165) is 0 Å². The molecule has 0 unspecified atom stereocenters. The molecule has 1 saturated heterocycles. The topological polar surface area (TPSA) is 84.3 Å². The van der Waals surface area contributed by atoms with Gasteiger partial charge in [-0.3, -0.25) is 14.3 Å². The van der Waals surface area contributed by atoms with Gasteiger partial charge in [0.2, 0.25) is 0 Å². The van der Waals surface area contributed by atoms with E-state index in [-0.39, 0.29) is 18.6 Å². The van der Waals surface area contributed by atoms with Crippen LogP contribution >= 0.6 is 0 Å². The SMILES string of the molecule is C[C@@H]1C[C@H](n2ccc(=O)[nH]c2=O)O[C@@H]1CO. The average molecular weight is 226 g/mol. The van der Waals surface area contributed by atoms with Gasteiger partial charge in [-0.1, -0.05) is 6.92 Å². The van der Waals surface area contributed by atoms with Crippen LogP contribution in [0, 0.1) is 5.92 Å². The van der Waals surface area contributed by atoms with Gasteiger partial charge in [-0.15, -0.1) is 0 Å². The molecule has 1 aliphatic heterocycles. The molecule has 0 bridgehead atoms. The smallest absolute Gasteiger partial charge is 0.330 e. The van der Waals surface area contributed by atoms with Crippen LogP contribution in [-0.4, -0.2) is 27.4 Å². The molecule has 6 heteroatoms.